The van der Waals surface area contributed by atoms with Crippen LogP contribution in [0.2, 0.25) is 0 Å². The first-order valence-electron chi connectivity index (χ1n) is 11.1. The molecule has 0 aliphatic carbocycles. The lowest BCUT2D eigenvalue weighted by atomic mass is 9.73. The summed E-state index contributed by atoms with van der Waals surface area (Å²) in [5, 5.41) is 15.6. The molecule has 1 amide bonds. The summed E-state index contributed by atoms with van der Waals surface area (Å²) in [7, 11) is 0. The summed E-state index contributed by atoms with van der Waals surface area (Å²) in [6.45, 7) is 3.11. The molecule has 0 spiro atoms. The minimum atomic E-state index is -1.26. The SMILES string of the molecule is Cc1nccn1-c1ccc(Sc2cccc(C3(C(N)=O)CCOCC3)c2)cc1.O=C(O)/C=C/C(=O)O. The second-order valence-corrected chi connectivity index (χ2v) is 9.18. The highest BCUT2D eigenvalue weighted by molar-refractivity contribution is 7.99. The molecule has 188 valence electrons. The zero-order valence-corrected chi connectivity index (χ0v) is 20.5. The molecule has 1 fully saturated rings. The van der Waals surface area contributed by atoms with Crippen molar-refractivity contribution in [1.29, 1.82) is 0 Å². The third kappa shape index (κ3) is 6.83. The lowest BCUT2D eigenvalue weighted by molar-refractivity contribution is -0.134. The molecule has 4 N–H and O–H groups in total. The highest BCUT2D eigenvalue weighted by Gasteiger charge is 2.40. The first kappa shape index (κ1) is 26.7. The molecule has 0 radical (unpaired) electrons. The molecule has 1 saturated heterocycles. The number of hydrogen-bond acceptors (Lipinski definition) is 6. The molecule has 0 atom stereocenters. The van der Waals surface area contributed by atoms with Gasteiger partial charge in [-0.05, 0) is 61.7 Å². The van der Waals surface area contributed by atoms with Crippen LogP contribution in [0.3, 0.4) is 0 Å². The zero-order valence-electron chi connectivity index (χ0n) is 19.7. The summed E-state index contributed by atoms with van der Waals surface area (Å²) in [4.78, 5) is 37.9. The van der Waals surface area contributed by atoms with Gasteiger partial charge in [-0.15, -0.1) is 0 Å². The van der Waals surface area contributed by atoms with Gasteiger partial charge in [0.15, 0.2) is 0 Å². The van der Waals surface area contributed by atoms with Crippen molar-refractivity contribution < 1.29 is 29.3 Å². The number of nitrogens with zero attached hydrogens (tertiary/aromatic N) is 2. The average Bonchev–Trinajstić information content (AvgIpc) is 3.30. The minimum absolute atomic E-state index is 0.266. The molecule has 0 unspecified atom stereocenters. The summed E-state index contributed by atoms with van der Waals surface area (Å²) < 4.78 is 7.51. The van der Waals surface area contributed by atoms with E-state index in [4.69, 9.17) is 20.7 Å². The van der Waals surface area contributed by atoms with Crippen LogP contribution in [0.25, 0.3) is 5.69 Å². The van der Waals surface area contributed by atoms with E-state index < -0.39 is 17.4 Å². The third-order valence-electron chi connectivity index (χ3n) is 5.75. The maximum Gasteiger partial charge on any atom is 0.328 e. The number of carboxylic acids is 2. The van der Waals surface area contributed by atoms with Crippen molar-refractivity contribution >= 4 is 29.6 Å². The predicted molar refractivity (Wildman–Crippen MR) is 134 cm³/mol. The van der Waals surface area contributed by atoms with E-state index in [9.17, 15) is 14.4 Å². The molecule has 0 saturated carbocycles. The summed E-state index contributed by atoms with van der Waals surface area (Å²) in [5.41, 5.74) is 7.25. The molecule has 4 rings (SSSR count). The summed E-state index contributed by atoms with van der Waals surface area (Å²) in [5.74, 6) is -1.82. The molecule has 36 heavy (non-hydrogen) atoms. The van der Waals surface area contributed by atoms with Crippen molar-refractivity contribution in [3.8, 4) is 5.69 Å². The number of ether oxygens (including phenoxy) is 1. The number of primary amides is 1. The van der Waals surface area contributed by atoms with E-state index >= 15 is 0 Å². The van der Waals surface area contributed by atoms with Crippen LogP contribution < -0.4 is 5.73 Å². The lowest BCUT2D eigenvalue weighted by Crippen LogP contribution is -2.45. The van der Waals surface area contributed by atoms with E-state index in [0.29, 0.717) is 38.2 Å². The fraction of sp³-hybridized carbons (Fsp3) is 0.231. The van der Waals surface area contributed by atoms with Gasteiger partial charge >= 0.3 is 11.9 Å². The molecule has 1 aliphatic rings. The standard InChI is InChI=1S/C22H23N3O2S.C4H4O4/c1-16-24-11-12-25(16)18-5-7-19(8-6-18)28-20-4-2-3-17(15-20)22(21(23)26)9-13-27-14-10-22;5-3(6)1-2-4(7)8/h2-8,11-12,15H,9-10,13-14H2,1H3,(H2,23,26);1-2H,(H,5,6)(H,7,8)/b;2-1+. The number of nitrogens with two attached hydrogens (primary N) is 1. The number of carbonyl (C=O) groups is 3. The van der Waals surface area contributed by atoms with E-state index in [0.717, 1.165) is 26.9 Å². The highest BCUT2D eigenvalue weighted by Crippen LogP contribution is 2.37. The van der Waals surface area contributed by atoms with Gasteiger partial charge in [0.05, 0.1) is 5.41 Å². The van der Waals surface area contributed by atoms with Gasteiger partial charge in [0, 0.05) is 53.2 Å². The number of aryl methyl sites for hydroxylation is 1. The van der Waals surface area contributed by atoms with E-state index in [1.54, 1.807) is 18.0 Å². The van der Waals surface area contributed by atoms with Gasteiger partial charge < -0.3 is 25.3 Å². The molecule has 1 aromatic heterocycles. The Morgan fingerprint density at radius 2 is 1.67 bits per heavy atom. The topological polar surface area (TPSA) is 145 Å². The van der Waals surface area contributed by atoms with Crippen LogP contribution in [0.5, 0.6) is 0 Å². The van der Waals surface area contributed by atoms with Gasteiger partial charge in [-0.2, -0.15) is 0 Å². The first-order chi connectivity index (χ1) is 17.2. The quantitative estimate of drug-likeness (QED) is 0.410. The monoisotopic (exact) mass is 509 g/mol. The molecule has 2 aromatic carbocycles. The molecular formula is C26H27N3O6S. The number of amides is 1. The number of carboxylic acid groups (broad SMARTS) is 2. The lowest BCUT2D eigenvalue weighted by Gasteiger charge is -2.34. The molecule has 10 heteroatoms. The number of rotatable bonds is 7. The van der Waals surface area contributed by atoms with Crippen LogP contribution >= 0.6 is 11.8 Å². The van der Waals surface area contributed by atoms with E-state index in [-0.39, 0.29) is 5.91 Å². The van der Waals surface area contributed by atoms with Crippen molar-refractivity contribution in [2.75, 3.05) is 13.2 Å². The van der Waals surface area contributed by atoms with Crippen LogP contribution in [0.15, 0.2) is 82.9 Å². The largest absolute Gasteiger partial charge is 0.478 e. The smallest absolute Gasteiger partial charge is 0.328 e. The number of carbonyl (C=O) groups excluding carboxylic acids is 1. The fourth-order valence-corrected chi connectivity index (χ4v) is 4.74. The highest BCUT2D eigenvalue weighted by atomic mass is 32.2. The predicted octanol–water partition coefficient (Wildman–Crippen LogP) is 3.58. The first-order valence-corrected chi connectivity index (χ1v) is 11.9. The maximum absolute atomic E-state index is 12.3. The summed E-state index contributed by atoms with van der Waals surface area (Å²) in [6.07, 6.45) is 6.14. The second-order valence-electron chi connectivity index (χ2n) is 8.04. The Balaban J connectivity index is 0.000000392. The van der Waals surface area contributed by atoms with Crippen LogP contribution in [-0.4, -0.2) is 50.8 Å². The van der Waals surface area contributed by atoms with Crippen LogP contribution in [0.1, 0.15) is 24.2 Å². The van der Waals surface area contributed by atoms with E-state index in [2.05, 4.69) is 45.9 Å². The molecular weight excluding hydrogens is 482 g/mol. The van der Waals surface area contributed by atoms with E-state index in [1.165, 1.54) is 0 Å². The summed E-state index contributed by atoms with van der Waals surface area (Å²) >= 11 is 1.68. The number of imidazole rings is 1. The Bertz CT molecular complexity index is 1230. The minimum Gasteiger partial charge on any atom is -0.478 e. The Morgan fingerprint density at radius 1 is 1.03 bits per heavy atom. The van der Waals surface area contributed by atoms with Crippen molar-refractivity contribution in [3.05, 3.63) is 84.5 Å². The van der Waals surface area contributed by atoms with Crippen LogP contribution in [-0.2, 0) is 24.5 Å². The average molecular weight is 510 g/mol. The van der Waals surface area contributed by atoms with Gasteiger partial charge in [0.25, 0.3) is 0 Å². The van der Waals surface area contributed by atoms with Gasteiger partial charge in [-0.3, -0.25) is 4.79 Å². The molecule has 0 bridgehead atoms. The molecule has 1 aliphatic heterocycles. The van der Waals surface area contributed by atoms with Crippen molar-refractivity contribution in [3.63, 3.8) is 0 Å². The molecule has 2 heterocycles. The van der Waals surface area contributed by atoms with Crippen molar-refractivity contribution in [1.82, 2.24) is 9.55 Å². The fourth-order valence-electron chi connectivity index (χ4n) is 3.86. The maximum atomic E-state index is 12.3. The van der Waals surface area contributed by atoms with E-state index in [1.807, 2.05) is 25.3 Å². The van der Waals surface area contributed by atoms with Gasteiger partial charge in [0.2, 0.25) is 5.91 Å². The Hall–Kier alpha value is -3.89. The Morgan fingerprint density at radius 3 is 2.19 bits per heavy atom. The number of benzene rings is 2. The Labute approximate surface area is 212 Å². The normalized spacial score (nSPS) is 14.6. The number of aliphatic carboxylic acids is 2. The molecule has 3 aromatic rings. The van der Waals surface area contributed by atoms with Gasteiger partial charge in [0.1, 0.15) is 5.82 Å². The Kier molecular flexibility index (Phi) is 9.04. The number of hydrogen-bond donors (Lipinski definition) is 3. The van der Waals surface area contributed by atoms with Crippen molar-refractivity contribution in [2.45, 2.75) is 35.0 Å². The van der Waals surface area contributed by atoms with Crippen molar-refractivity contribution in [2.24, 2.45) is 5.73 Å². The third-order valence-corrected chi connectivity index (χ3v) is 6.75. The molecule has 9 nitrogen and oxygen atoms in total. The summed E-state index contributed by atoms with van der Waals surface area (Å²) in [6, 6.07) is 16.5. The van der Waals surface area contributed by atoms with Crippen LogP contribution in [0.4, 0.5) is 0 Å². The zero-order chi connectivity index (χ0) is 26.1. The van der Waals surface area contributed by atoms with Crippen LogP contribution in [0, 0.1) is 6.92 Å². The van der Waals surface area contributed by atoms with Gasteiger partial charge in [-0.25, -0.2) is 14.6 Å². The number of aromatic nitrogens is 2. The second kappa shape index (κ2) is 12.2. The van der Waals surface area contributed by atoms with Gasteiger partial charge in [-0.1, -0.05) is 23.9 Å².